The van der Waals surface area contributed by atoms with Crippen LogP contribution in [-0.2, 0) is 11.2 Å². The zero-order valence-corrected chi connectivity index (χ0v) is 8.88. The van der Waals surface area contributed by atoms with E-state index in [0.717, 1.165) is 5.56 Å². The minimum absolute atomic E-state index is 0.193. The highest BCUT2D eigenvalue weighted by atomic mass is 19.4. The van der Waals surface area contributed by atoms with E-state index in [9.17, 15) is 13.2 Å². The van der Waals surface area contributed by atoms with Gasteiger partial charge in [-0.3, -0.25) is 0 Å². The van der Waals surface area contributed by atoms with Gasteiger partial charge in [0.15, 0.2) is 0 Å². The van der Waals surface area contributed by atoms with E-state index in [1.807, 2.05) is 6.92 Å². The van der Waals surface area contributed by atoms with Gasteiger partial charge in [-0.1, -0.05) is 12.1 Å². The quantitative estimate of drug-likeness (QED) is 0.728. The van der Waals surface area contributed by atoms with Crippen LogP contribution in [0, 0.1) is 0 Å². The van der Waals surface area contributed by atoms with E-state index < -0.39 is 6.36 Å². The molecule has 0 aromatic heterocycles. The zero-order valence-electron chi connectivity index (χ0n) is 8.88. The molecule has 0 saturated heterocycles. The maximum atomic E-state index is 11.9. The van der Waals surface area contributed by atoms with Crippen LogP contribution >= 0.6 is 0 Å². The number of halogens is 3. The summed E-state index contributed by atoms with van der Waals surface area (Å²) in [5.41, 5.74) is 0.759. The van der Waals surface area contributed by atoms with Crippen LogP contribution < -0.4 is 4.74 Å². The molecule has 0 unspecified atom stereocenters. The molecule has 0 radical (unpaired) electrons. The fraction of sp³-hybridized carbons (Fsp3) is 0.455. The van der Waals surface area contributed by atoms with Crippen LogP contribution in [0.2, 0.25) is 0 Å². The molecule has 0 N–H and O–H groups in total. The summed E-state index contributed by atoms with van der Waals surface area (Å²) >= 11 is 0. The number of benzene rings is 1. The first-order valence-corrected chi connectivity index (χ1v) is 4.93. The van der Waals surface area contributed by atoms with Gasteiger partial charge in [0.25, 0.3) is 0 Å². The van der Waals surface area contributed by atoms with Crippen LogP contribution in [0.5, 0.6) is 5.75 Å². The summed E-state index contributed by atoms with van der Waals surface area (Å²) in [5.74, 6) is -0.193. The highest BCUT2D eigenvalue weighted by Crippen LogP contribution is 2.23. The molecule has 16 heavy (non-hydrogen) atoms. The highest BCUT2D eigenvalue weighted by Gasteiger charge is 2.30. The second kappa shape index (κ2) is 5.75. The molecule has 0 spiro atoms. The minimum Gasteiger partial charge on any atom is -0.406 e. The van der Waals surface area contributed by atoms with Crippen molar-refractivity contribution in [3.8, 4) is 5.75 Å². The molecule has 1 aromatic carbocycles. The van der Waals surface area contributed by atoms with Crippen molar-refractivity contribution in [3.63, 3.8) is 0 Å². The van der Waals surface area contributed by atoms with Gasteiger partial charge in [0.1, 0.15) is 5.75 Å². The number of hydrogen-bond donors (Lipinski definition) is 0. The molecule has 0 amide bonds. The van der Waals surface area contributed by atoms with Crippen LogP contribution in [-0.4, -0.2) is 19.6 Å². The molecule has 1 rings (SSSR count). The molecule has 1 aromatic rings. The van der Waals surface area contributed by atoms with Gasteiger partial charge < -0.3 is 9.47 Å². The van der Waals surface area contributed by atoms with Gasteiger partial charge in [-0.15, -0.1) is 13.2 Å². The highest BCUT2D eigenvalue weighted by molar-refractivity contribution is 5.28. The van der Waals surface area contributed by atoms with E-state index in [1.54, 1.807) is 6.07 Å². The second-order valence-corrected chi connectivity index (χ2v) is 3.14. The summed E-state index contributed by atoms with van der Waals surface area (Å²) in [7, 11) is 0. The first kappa shape index (κ1) is 12.8. The minimum atomic E-state index is -4.64. The normalized spacial score (nSPS) is 11.5. The third-order valence-electron chi connectivity index (χ3n) is 1.87. The second-order valence-electron chi connectivity index (χ2n) is 3.14. The number of hydrogen-bond acceptors (Lipinski definition) is 2. The third-order valence-corrected chi connectivity index (χ3v) is 1.87. The lowest BCUT2D eigenvalue weighted by atomic mass is 10.1. The van der Waals surface area contributed by atoms with Crippen LogP contribution in [0.1, 0.15) is 12.5 Å². The molecular weight excluding hydrogens is 221 g/mol. The summed E-state index contributed by atoms with van der Waals surface area (Å²) in [6.45, 7) is 2.95. The van der Waals surface area contributed by atoms with Gasteiger partial charge in [0.05, 0.1) is 6.61 Å². The Morgan fingerprint density at radius 1 is 1.25 bits per heavy atom. The largest absolute Gasteiger partial charge is 0.573 e. The van der Waals surface area contributed by atoms with E-state index in [4.69, 9.17) is 4.74 Å². The molecule has 0 atom stereocenters. The van der Waals surface area contributed by atoms with Gasteiger partial charge in [0.2, 0.25) is 0 Å². The maximum Gasteiger partial charge on any atom is 0.573 e. The molecule has 2 nitrogen and oxygen atoms in total. The predicted molar refractivity (Wildman–Crippen MR) is 53.3 cm³/mol. The van der Waals surface area contributed by atoms with Crippen LogP contribution in [0.15, 0.2) is 24.3 Å². The summed E-state index contributed by atoms with van der Waals surface area (Å²) in [4.78, 5) is 0. The Balaban J connectivity index is 2.57. The molecule has 0 aliphatic rings. The number of ether oxygens (including phenoxy) is 2. The average molecular weight is 234 g/mol. The van der Waals surface area contributed by atoms with Gasteiger partial charge in [0, 0.05) is 6.61 Å². The summed E-state index contributed by atoms with van der Waals surface area (Å²) in [6, 6.07) is 5.91. The summed E-state index contributed by atoms with van der Waals surface area (Å²) in [6.07, 6.45) is -4.07. The van der Waals surface area contributed by atoms with Crippen molar-refractivity contribution in [1.82, 2.24) is 0 Å². The molecule has 90 valence electrons. The fourth-order valence-corrected chi connectivity index (χ4v) is 1.23. The van der Waals surface area contributed by atoms with Crippen molar-refractivity contribution in [2.24, 2.45) is 0 Å². The average Bonchev–Trinajstić information content (AvgIpc) is 2.16. The molecule has 0 aliphatic carbocycles. The van der Waals surface area contributed by atoms with Gasteiger partial charge in [-0.2, -0.15) is 0 Å². The monoisotopic (exact) mass is 234 g/mol. The topological polar surface area (TPSA) is 18.5 Å². The lowest BCUT2D eigenvalue weighted by Gasteiger charge is -2.09. The van der Waals surface area contributed by atoms with Crippen molar-refractivity contribution < 1.29 is 22.6 Å². The van der Waals surface area contributed by atoms with Gasteiger partial charge in [-0.25, -0.2) is 0 Å². The van der Waals surface area contributed by atoms with E-state index >= 15 is 0 Å². The van der Waals surface area contributed by atoms with Crippen molar-refractivity contribution in [1.29, 1.82) is 0 Å². The lowest BCUT2D eigenvalue weighted by molar-refractivity contribution is -0.274. The first-order valence-electron chi connectivity index (χ1n) is 4.93. The van der Waals surface area contributed by atoms with Crippen LogP contribution in [0.25, 0.3) is 0 Å². The Hall–Kier alpha value is -1.23. The van der Waals surface area contributed by atoms with Crippen molar-refractivity contribution >= 4 is 0 Å². The Morgan fingerprint density at radius 3 is 2.62 bits per heavy atom. The van der Waals surface area contributed by atoms with Crippen molar-refractivity contribution in [2.75, 3.05) is 13.2 Å². The fourth-order valence-electron chi connectivity index (χ4n) is 1.23. The summed E-state index contributed by atoms with van der Waals surface area (Å²) in [5, 5.41) is 0. The third kappa shape index (κ3) is 5.02. The lowest BCUT2D eigenvalue weighted by Crippen LogP contribution is -2.17. The Labute approximate surface area is 92.0 Å². The molecule has 0 aliphatic heterocycles. The molecule has 0 bridgehead atoms. The molecular formula is C11H13F3O2. The van der Waals surface area contributed by atoms with Crippen molar-refractivity contribution in [3.05, 3.63) is 29.8 Å². The first-order chi connectivity index (χ1) is 7.51. The van der Waals surface area contributed by atoms with Crippen LogP contribution in [0.3, 0.4) is 0 Å². The van der Waals surface area contributed by atoms with Crippen molar-refractivity contribution in [2.45, 2.75) is 19.7 Å². The molecule has 0 saturated carbocycles. The number of rotatable bonds is 5. The predicted octanol–water partition coefficient (Wildman–Crippen LogP) is 3.16. The number of alkyl halides is 3. The Kier molecular flexibility index (Phi) is 4.61. The van der Waals surface area contributed by atoms with Crippen LogP contribution in [0.4, 0.5) is 13.2 Å². The van der Waals surface area contributed by atoms with E-state index in [0.29, 0.717) is 19.6 Å². The molecule has 5 heteroatoms. The smallest absolute Gasteiger partial charge is 0.406 e. The van der Waals surface area contributed by atoms with E-state index in [1.165, 1.54) is 18.2 Å². The van der Waals surface area contributed by atoms with E-state index in [2.05, 4.69) is 4.74 Å². The molecule has 0 fully saturated rings. The maximum absolute atomic E-state index is 11.9. The summed E-state index contributed by atoms with van der Waals surface area (Å²) < 4.78 is 44.7. The Bertz CT molecular complexity index is 323. The Morgan fingerprint density at radius 2 is 2.00 bits per heavy atom. The molecule has 0 heterocycles. The SMILES string of the molecule is CCOCCc1cccc(OC(F)(F)F)c1. The van der Waals surface area contributed by atoms with Gasteiger partial charge in [-0.05, 0) is 31.0 Å². The van der Waals surface area contributed by atoms with E-state index in [-0.39, 0.29) is 5.75 Å². The standard InChI is InChI=1S/C11H13F3O2/c1-2-15-7-6-9-4-3-5-10(8-9)16-11(12,13)14/h3-5,8H,2,6-7H2,1H3. The van der Waals surface area contributed by atoms with Gasteiger partial charge >= 0.3 is 6.36 Å². The zero-order chi connectivity index (χ0) is 12.0.